The normalized spacial score (nSPS) is 18.5. The number of benzene rings is 4. The van der Waals surface area contributed by atoms with E-state index >= 15 is 0 Å². The molecule has 2 bridgehead atoms. The van der Waals surface area contributed by atoms with E-state index in [0.717, 1.165) is 61.2 Å². The third kappa shape index (κ3) is 10.2. The Kier molecular flexibility index (Phi) is 12.8. The molecular formula is C45H50N4O8. The smallest absolute Gasteiger partial charge is 0.408 e. The maximum Gasteiger partial charge on any atom is 0.408 e. The van der Waals surface area contributed by atoms with Gasteiger partial charge in [-0.05, 0) is 122 Å². The largest absolute Gasteiger partial charge is 0.506 e. The van der Waals surface area contributed by atoms with Crippen LogP contribution in [-0.2, 0) is 16.1 Å². The summed E-state index contributed by atoms with van der Waals surface area (Å²) in [5.41, 5.74) is 4.71. The number of aliphatic hydroxyl groups is 1. The number of carbonyl (C=O) groups excluding carboxylic acids is 2. The minimum absolute atomic E-state index is 0.0541. The second kappa shape index (κ2) is 18.5. The van der Waals surface area contributed by atoms with Crippen LogP contribution in [0.1, 0.15) is 76.0 Å². The molecule has 4 aromatic carbocycles. The average molecular weight is 775 g/mol. The lowest BCUT2D eigenvalue weighted by Crippen LogP contribution is -2.52. The van der Waals surface area contributed by atoms with E-state index in [0.29, 0.717) is 46.7 Å². The lowest BCUT2D eigenvalue weighted by molar-refractivity contribution is -0.0336. The molecule has 5 aromatic rings. The zero-order valence-corrected chi connectivity index (χ0v) is 32.1. The molecule has 3 aliphatic rings. The van der Waals surface area contributed by atoms with Gasteiger partial charge in [-0.2, -0.15) is 0 Å². The number of esters is 1. The Bertz CT molecular complexity index is 2200. The number of amides is 1. The average Bonchev–Trinajstić information content (AvgIpc) is 3.22. The fourth-order valence-electron chi connectivity index (χ4n) is 7.77. The molecule has 1 amide bonds. The number of aromatic nitrogens is 1. The number of aromatic amines is 1. The van der Waals surface area contributed by atoms with Gasteiger partial charge in [0.2, 0.25) is 5.56 Å². The van der Waals surface area contributed by atoms with E-state index in [1.807, 2.05) is 67.6 Å². The summed E-state index contributed by atoms with van der Waals surface area (Å²) >= 11 is 0. The molecule has 8 rings (SSSR count). The van der Waals surface area contributed by atoms with Crippen LogP contribution < -0.4 is 20.9 Å². The first-order valence-corrected chi connectivity index (χ1v) is 19.7. The number of hydrogen-bond donors (Lipinski definition) is 5. The second-order valence-corrected chi connectivity index (χ2v) is 15.0. The van der Waals surface area contributed by atoms with Gasteiger partial charge in [-0.3, -0.25) is 9.69 Å². The molecule has 3 aliphatic heterocycles. The van der Waals surface area contributed by atoms with Crippen LogP contribution in [0.15, 0.2) is 102 Å². The molecule has 12 heteroatoms. The summed E-state index contributed by atoms with van der Waals surface area (Å²) in [7, 11) is 0. The number of nitrogens with zero attached hydrogens (tertiary/aromatic N) is 1. The summed E-state index contributed by atoms with van der Waals surface area (Å²) in [4.78, 5) is 42.6. The van der Waals surface area contributed by atoms with Gasteiger partial charge in [-0.1, -0.05) is 54.6 Å². The van der Waals surface area contributed by atoms with Crippen LogP contribution in [0.3, 0.4) is 0 Å². The minimum atomic E-state index is -0.842. The highest BCUT2D eigenvalue weighted by Gasteiger charge is 2.37. The molecule has 1 aromatic heterocycles. The van der Waals surface area contributed by atoms with Crippen LogP contribution in [0.2, 0.25) is 0 Å². The monoisotopic (exact) mass is 774 g/mol. The maximum absolute atomic E-state index is 13.3. The van der Waals surface area contributed by atoms with Crippen molar-refractivity contribution in [1.29, 1.82) is 0 Å². The molecule has 298 valence electrons. The van der Waals surface area contributed by atoms with Crippen LogP contribution in [0.5, 0.6) is 11.5 Å². The van der Waals surface area contributed by atoms with Crippen LogP contribution in [0, 0.1) is 12.8 Å². The van der Waals surface area contributed by atoms with Crippen molar-refractivity contribution in [3.8, 4) is 11.5 Å². The zero-order valence-electron chi connectivity index (χ0n) is 32.1. The van der Waals surface area contributed by atoms with E-state index < -0.39 is 24.2 Å². The Hall–Kier alpha value is -5.69. The van der Waals surface area contributed by atoms with E-state index in [9.17, 15) is 24.6 Å². The zero-order chi connectivity index (χ0) is 39.7. The lowest BCUT2D eigenvalue weighted by atomic mass is 9.86. The number of fused-ring (bicyclic) bond motifs is 4. The third-order valence-corrected chi connectivity index (χ3v) is 10.8. The summed E-state index contributed by atoms with van der Waals surface area (Å²) in [6, 6.07) is 28.6. The number of phenolic OH excluding ortho intramolecular Hbond substituents is 1. The summed E-state index contributed by atoms with van der Waals surface area (Å²) in [5, 5.41) is 27.7. The number of aryl methyl sites for hydroxylation is 1. The molecule has 3 saturated heterocycles. The Morgan fingerprint density at radius 1 is 0.930 bits per heavy atom. The molecule has 0 saturated carbocycles. The van der Waals surface area contributed by atoms with Gasteiger partial charge in [0.1, 0.15) is 24.2 Å². The number of ether oxygens (including phenoxy) is 3. The molecule has 0 spiro atoms. The first-order valence-electron chi connectivity index (χ1n) is 19.7. The number of unbranched alkanes of at least 4 members (excludes halogenated alkanes) is 1. The first kappa shape index (κ1) is 39.5. The van der Waals surface area contributed by atoms with Gasteiger partial charge in [0.05, 0.1) is 29.8 Å². The van der Waals surface area contributed by atoms with Gasteiger partial charge in [0, 0.05) is 24.5 Å². The standard InChI is InChI=1S/C45H50N4O8/c1-29-23-34(42(32-7-3-2-4-8-32)48-45(54)57-40-27-49-20-17-31(40)18-21-49)25-35(24-29)56-28-30-9-11-33(12-10-30)44(53)55-22-6-5-19-46-26-39(51)36-13-15-38(50)43-37(36)14-16-41(52)47-43/h2-4,7-16,23-25,31,39-40,42,46,50-51H,5-6,17-22,26-28H2,1H3,(H,47,52)(H,48,54)/t39-,40-,42?/m0/s1. The van der Waals surface area contributed by atoms with Crippen LogP contribution in [-0.4, -0.2) is 77.6 Å². The van der Waals surface area contributed by atoms with Gasteiger partial charge < -0.3 is 40.0 Å². The van der Waals surface area contributed by atoms with E-state index in [2.05, 4.69) is 20.5 Å². The van der Waals surface area contributed by atoms with E-state index in [1.165, 1.54) is 12.1 Å². The molecule has 0 radical (unpaired) electrons. The van der Waals surface area contributed by atoms with Crippen molar-refractivity contribution in [2.45, 2.75) is 57.5 Å². The van der Waals surface area contributed by atoms with Crippen molar-refractivity contribution < 1.29 is 34.0 Å². The van der Waals surface area contributed by atoms with Gasteiger partial charge in [-0.25, -0.2) is 9.59 Å². The topological polar surface area (TPSA) is 162 Å². The highest BCUT2D eigenvalue weighted by atomic mass is 16.6. The number of carbonyl (C=O) groups is 2. The van der Waals surface area contributed by atoms with Gasteiger partial charge in [0.25, 0.3) is 0 Å². The Morgan fingerprint density at radius 2 is 1.72 bits per heavy atom. The third-order valence-electron chi connectivity index (χ3n) is 10.8. The highest BCUT2D eigenvalue weighted by molar-refractivity contribution is 5.89. The van der Waals surface area contributed by atoms with Crippen molar-refractivity contribution in [1.82, 2.24) is 20.5 Å². The fourth-order valence-corrected chi connectivity index (χ4v) is 7.77. The van der Waals surface area contributed by atoms with E-state index in [1.54, 1.807) is 24.3 Å². The number of piperidine rings is 3. The summed E-state index contributed by atoms with van der Waals surface area (Å²) in [6.07, 6.45) is 2.15. The predicted molar refractivity (Wildman–Crippen MR) is 216 cm³/mol. The van der Waals surface area contributed by atoms with Crippen molar-refractivity contribution >= 4 is 23.0 Å². The predicted octanol–water partition coefficient (Wildman–Crippen LogP) is 6.29. The van der Waals surface area contributed by atoms with Crippen molar-refractivity contribution in [2.75, 3.05) is 39.3 Å². The quantitative estimate of drug-likeness (QED) is 0.0569. The van der Waals surface area contributed by atoms with E-state index in [4.69, 9.17) is 14.2 Å². The minimum Gasteiger partial charge on any atom is -0.506 e. The second-order valence-electron chi connectivity index (χ2n) is 15.0. The number of pyridine rings is 1. The molecule has 12 nitrogen and oxygen atoms in total. The Labute approximate surface area is 331 Å². The molecular weight excluding hydrogens is 725 g/mol. The fraction of sp³-hybridized carbons (Fsp3) is 0.356. The number of alkyl carbamates (subject to hydrolysis) is 1. The van der Waals surface area contributed by atoms with Crippen LogP contribution >= 0.6 is 0 Å². The summed E-state index contributed by atoms with van der Waals surface area (Å²) in [6.45, 7) is 6.37. The number of phenols is 1. The Morgan fingerprint density at radius 3 is 2.47 bits per heavy atom. The van der Waals surface area contributed by atoms with Crippen molar-refractivity contribution in [2.24, 2.45) is 5.92 Å². The lowest BCUT2D eigenvalue weighted by Gasteiger charge is -2.43. The molecule has 1 unspecified atom stereocenters. The summed E-state index contributed by atoms with van der Waals surface area (Å²) in [5.74, 6) is 0.622. The van der Waals surface area contributed by atoms with Crippen molar-refractivity contribution in [3.63, 3.8) is 0 Å². The molecule has 0 aliphatic carbocycles. The molecule has 4 heterocycles. The number of rotatable bonds is 16. The van der Waals surface area contributed by atoms with E-state index in [-0.39, 0.29) is 37.2 Å². The Balaban J connectivity index is 0.860. The van der Waals surface area contributed by atoms with Gasteiger partial charge in [0.15, 0.2) is 0 Å². The number of aromatic hydroxyl groups is 1. The van der Waals surface area contributed by atoms with Crippen LogP contribution in [0.25, 0.3) is 10.9 Å². The number of hydrogen-bond acceptors (Lipinski definition) is 10. The molecule has 3 atom stereocenters. The number of H-pyrrole nitrogens is 1. The van der Waals surface area contributed by atoms with Crippen LogP contribution in [0.4, 0.5) is 4.79 Å². The number of nitrogens with one attached hydrogen (secondary N) is 3. The molecule has 5 N–H and O–H groups in total. The molecule has 57 heavy (non-hydrogen) atoms. The van der Waals surface area contributed by atoms with Gasteiger partial charge >= 0.3 is 12.1 Å². The number of aliphatic hydroxyl groups excluding tert-OH is 1. The SMILES string of the molecule is Cc1cc(OCc2ccc(C(=O)OCCCCNC[C@H](O)c3ccc(O)c4[nH]c(=O)ccc34)cc2)cc(C(NC(=O)O[C@H]2CN3CCC2CC3)c2ccccc2)c1. The highest BCUT2D eigenvalue weighted by Crippen LogP contribution is 2.32. The van der Waals surface area contributed by atoms with Gasteiger partial charge in [-0.15, -0.1) is 0 Å². The van der Waals surface area contributed by atoms with Crippen molar-refractivity contribution in [3.05, 3.63) is 141 Å². The summed E-state index contributed by atoms with van der Waals surface area (Å²) < 4.78 is 17.7. The molecule has 3 fully saturated rings. The maximum atomic E-state index is 13.3. The first-order chi connectivity index (χ1) is 27.7.